The van der Waals surface area contributed by atoms with E-state index in [4.69, 9.17) is 0 Å². The second kappa shape index (κ2) is 5.43. The van der Waals surface area contributed by atoms with E-state index in [0.29, 0.717) is 12.0 Å². The number of hydrogen-bond donors (Lipinski definition) is 2. The molecule has 2 atom stereocenters. The number of hydrogen-bond acceptors (Lipinski definition) is 2. The van der Waals surface area contributed by atoms with Gasteiger partial charge in [-0.3, -0.25) is 10.1 Å². The molecule has 2 saturated carbocycles. The van der Waals surface area contributed by atoms with Crippen molar-refractivity contribution in [3.63, 3.8) is 0 Å². The molecule has 3 nitrogen and oxygen atoms in total. The lowest BCUT2D eigenvalue weighted by molar-refractivity contribution is -0.150. The van der Waals surface area contributed by atoms with Gasteiger partial charge in [-0.1, -0.05) is 40.0 Å². The highest BCUT2D eigenvalue weighted by Crippen LogP contribution is 2.44. The molecule has 2 aliphatic carbocycles. The lowest BCUT2D eigenvalue weighted by atomic mass is 9.64. The molecule has 0 heterocycles. The Balaban J connectivity index is 2.14. The molecule has 2 rings (SSSR count). The second-order valence-electron chi connectivity index (χ2n) is 7.72. The maximum Gasteiger partial charge on any atom is 0.323 e. The van der Waals surface area contributed by atoms with Crippen LogP contribution in [0.25, 0.3) is 0 Å². The van der Waals surface area contributed by atoms with Gasteiger partial charge < -0.3 is 5.11 Å². The molecule has 3 heteroatoms. The van der Waals surface area contributed by atoms with E-state index in [1.165, 1.54) is 19.3 Å². The van der Waals surface area contributed by atoms with Crippen molar-refractivity contribution < 1.29 is 9.90 Å². The van der Waals surface area contributed by atoms with Crippen molar-refractivity contribution in [3.05, 3.63) is 0 Å². The van der Waals surface area contributed by atoms with E-state index < -0.39 is 11.5 Å². The van der Waals surface area contributed by atoms with E-state index >= 15 is 0 Å². The third-order valence-electron chi connectivity index (χ3n) is 4.87. The Bertz CT molecular complexity index is 334. The van der Waals surface area contributed by atoms with Gasteiger partial charge in [0, 0.05) is 6.04 Å². The van der Waals surface area contributed by atoms with Gasteiger partial charge >= 0.3 is 5.97 Å². The van der Waals surface area contributed by atoms with Crippen molar-refractivity contribution in [2.24, 2.45) is 11.3 Å². The van der Waals surface area contributed by atoms with Gasteiger partial charge in [-0.25, -0.2) is 0 Å². The molecule has 0 aliphatic heterocycles. The first-order valence-electron chi connectivity index (χ1n) is 7.84. The number of carboxylic acids is 1. The molecule has 0 aromatic heterocycles. The summed E-state index contributed by atoms with van der Waals surface area (Å²) < 4.78 is 0. The predicted octanol–water partition coefficient (Wildman–Crippen LogP) is 3.58. The van der Waals surface area contributed by atoms with Gasteiger partial charge in [0.15, 0.2) is 0 Å². The van der Waals surface area contributed by atoms with Crippen LogP contribution >= 0.6 is 0 Å². The van der Waals surface area contributed by atoms with Crippen LogP contribution in [0.3, 0.4) is 0 Å². The molecule has 2 fully saturated rings. The minimum absolute atomic E-state index is 0.123. The molecule has 0 radical (unpaired) electrons. The molecule has 2 unspecified atom stereocenters. The fourth-order valence-corrected chi connectivity index (χ4v) is 4.54. The smallest absolute Gasteiger partial charge is 0.323 e. The fourth-order valence-electron chi connectivity index (χ4n) is 4.54. The van der Waals surface area contributed by atoms with Crippen LogP contribution in [0.5, 0.6) is 0 Å². The molecule has 2 aliphatic rings. The third kappa shape index (κ3) is 3.50. The van der Waals surface area contributed by atoms with Gasteiger partial charge in [-0.05, 0) is 43.4 Å². The first-order chi connectivity index (χ1) is 8.83. The van der Waals surface area contributed by atoms with Gasteiger partial charge in [-0.2, -0.15) is 0 Å². The summed E-state index contributed by atoms with van der Waals surface area (Å²) in [5.74, 6) is -0.159. The van der Waals surface area contributed by atoms with Crippen LogP contribution in [0.1, 0.15) is 72.1 Å². The van der Waals surface area contributed by atoms with Crippen LogP contribution in [0, 0.1) is 11.3 Å². The van der Waals surface area contributed by atoms with Crippen LogP contribution in [0.2, 0.25) is 0 Å². The summed E-state index contributed by atoms with van der Waals surface area (Å²) in [5, 5.41) is 13.4. The van der Waals surface area contributed by atoms with Crippen LogP contribution in [0.4, 0.5) is 0 Å². The lowest BCUT2D eigenvalue weighted by Crippen LogP contribution is -2.61. The average molecular weight is 267 g/mol. The quantitative estimate of drug-likeness (QED) is 0.821. The second-order valence-corrected chi connectivity index (χ2v) is 7.72. The van der Waals surface area contributed by atoms with Gasteiger partial charge in [-0.15, -0.1) is 0 Å². The normalized spacial score (nSPS) is 36.1. The largest absolute Gasteiger partial charge is 0.480 e. The van der Waals surface area contributed by atoms with Gasteiger partial charge in [0.25, 0.3) is 0 Å². The molecule has 2 N–H and O–H groups in total. The molecule has 0 aromatic rings. The summed E-state index contributed by atoms with van der Waals surface area (Å²) in [6.07, 6.45) is 8.75. The van der Waals surface area contributed by atoms with Gasteiger partial charge in [0.1, 0.15) is 5.54 Å². The summed E-state index contributed by atoms with van der Waals surface area (Å²) in [5.41, 5.74) is -0.569. The summed E-state index contributed by atoms with van der Waals surface area (Å²) in [6.45, 7) is 6.62. The highest BCUT2D eigenvalue weighted by molar-refractivity contribution is 5.79. The van der Waals surface area contributed by atoms with Crippen molar-refractivity contribution in [1.29, 1.82) is 0 Å². The minimum Gasteiger partial charge on any atom is -0.480 e. The van der Waals surface area contributed by atoms with Crippen LogP contribution in [0.15, 0.2) is 0 Å². The average Bonchev–Trinajstić information content (AvgIpc) is 2.27. The highest BCUT2D eigenvalue weighted by atomic mass is 16.4. The maximum absolute atomic E-state index is 11.9. The van der Waals surface area contributed by atoms with E-state index in [2.05, 4.69) is 26.1 Å². The zero-order valence-electron chi connectivity index (χ0n) is 12.7. The van der Waals surface area contributed by atoms with Crippen LogP contribution in [-0.2, 0) is 4.79 Å². The zero-order valence-corrected chi connectivity index (χ0v) is 12.7. The third-order valence-corrected chi connectivity index (χ3v) is 4.87. The molecule has 0 bridgehead atoms. The van der Waals surface area contributed by atoms with E-state index in [1.54, 1.807) is 0 Å². The van der Waals surface area contributed by atoms with E-state index in [1.807, 2.05) is 0 Å². The van der Waals surface area contributed by atoms with Gasteiger partial charge in [0.2, 0.25) is 0 Å². The number of nitrogens with one attached hydrogen (secondary N) is 1. The van der Waals surface area contributed by atoms with E-state index in [0.717, 1.165) is 32.1 Å². The Labute approximate surface area is 117 Å². The predicted molar refractivity (Wildman–Crippen MR) is 77.2 cm³/mol. The molecular weight excluding hydrogens is 238 g/mol. The number of carbonyl (C=O) groups is 1. The van der Waals surface area contributed by atoms with Crippen molar-refractivity contribution in [1.82, 2.24) is 5.32 Å². The summed E-state index contributed by atoms with van der Waals surface area (Å²) >= 11 is 0. The topological polar surface area (TPSA) is 49.3 Å². The SMILES string of the molecule is CC1CC(C)(C)CC(NC2CCCCC2)(C(=O)O)C1. The number of carboxylic acid groups (broad SMARTS) is 1. The Kier molecular flexibility index (Phi) is 4.24. The Morgan fingerprint density at radius 2 is 1.79 bits per heavy atom. The molecular formula is C16H29NO2. The summed E-state index contributed by atoms with van der Waals surface area (Å²) in [7, 11) is 0. The van der Waals surface area contributed by atoms with E-state index in [9.17, 15) is 9.90 Å². The molecule has 0 aromatic carbocycles. The van der Waals surface area contributed by atoms with E-state index in [-0.39, 0.29) is 5.41 Å². The first-order valence-corrected chi connectivity index (χ1v) is 7.84. The number of rotatable bonds is 3. The summed E-state index contributed by atoms with van der Waals surface area (Å²) in [6, 6.07) is 0.408. The molecule has 0 amide bonds. The maximum atomic E-state index is 11.9. The number of aliphatic carboxylic acids is 1. The van der Waals surface area contributed by atoms with Crippen LogP contribution < -0.4 is 5.32 Å². The molecule has 110 valence electrons. The van der Waals surface area contributed by atoms with Crippen LogP contribution in [-0.4, -0.2) is 22.7 Å². The Hall–Kier alpha value is -0.570. The van der Waals surface area contributed by atoms with Crippen molar-refractivity contribution in [3.8, 4) is 0 Å². The summed E-state index contributed by atoms with van der Waals surface area (Å²) in [4.78, 5) is 11.9. The Morgan fingerprint density at radius 1 is 1.16 bits per heavy atom. The van der Waals surface area contributed by atoms with Crippen molar-refractivity contribution >= 4 is 5.97 Å². The monoisotopic (exact) mass is 267 g/mol. The molecule has 0 spiro atoms. The lowest BCUT2D eigenvalue weighted by Gasteiger charge is -2.47. The zero-order chi connectivity index (χ0) is 14.1. The van der Waals surface area contributed by atoms with Crippen molar-refractivity contribution in [2.75, 3.05) is 0 Å². The Morgan fingerprint density at radius 3 is 2.32 bits per heavy atom. The molecule has 19 heavy (non-hydrogen) atoms. The molecule has 0 saturated heterocycles. The fraction of sp³-hybridized carbons (Fsp3) is 0.938. The minimum atomic E-state index is -0.691. The first kappa shape index (κ1) is 14.8. The van der Waals surface area contributed by atoms with Crippen molar-refractivity contribution in [2.45, 2.75) is 83.7 Å². The standard InChI is InChI=1S/C16H29NO2/c1-12-9-15(2,3)11-16(10-12,14(18)19)17-13-7-5-4-6-8-13/h12-13,17H,4-11H2,1-3H3,(H,18,19). The highest BCUT2D eigenvalue weighted by Gasteiger charge is 2.48. The van der Waals surface area contributed by atoms with Gasteiger partial charge in [0.05, 0.1) is 0 Å².